The molecule has 0 bridgehead atoms. The molecule has 4 aromatic rings. The molecule has 1 saturated heterocycles. The summed E-state index contributed by atoms with van der Waals surface area (Å²) in [7, 11) is 0. The van der Waals surface area contributed by atoms with Crippen molar-refractivity contribution in [2.45, 2.75) is 19.8 Å². The van der Waals surface area contributed by atoms with Crippen LogP contribution in [0.15, 0.2) is 67.0 Å². The molecule has 1 aliphatic heterocycles. The predicted molar refractivity (Wildman–Crippen MR) is 141 cm³/mol. The Balaban J connectivity index is 0.000000727. The molecule has 9 nitrogen and oxygen atoms in total. The van der Waals surface area contributed by atoms with Gasteiger partial charge in [-0.2, -0.15) is 30.3 Å². The number of amides is 1. The molecule has 0 spiro atoms. The van der Waals surface area contributed by atoms with E-state index in [1.807, 2.05) is 48.5 Å². The van der Waals surface area contributed by atoms with Gasteiger partial charge in [-0.25, -0.2) is 9.97 Å². The third-order valence-electron chi connectivity index (χ3n) is 5.33. The van der Waals surface area contributed by atoms with Gasteiger partial charge in [0, 0.05) is 37.1 Å². The maximum Gasteiger partial charge on any atom is 0.250 e. The number of carbonyl (C=O) groups excluding carboxylic acids is 1. The van der Waals surface area contributed by atoms with E-state index in [4.69, 9.17) is 5.73 Å². The minimum Gasteiger partial charge on any atom is -0.662 e. The first kappa shape index (κ1) is 30.9. The Kier molecular flexibility index (Phi) is 12.3. The predicted octanol–water partition coefficient (Wildman–Crippen LogP) is 3.69. The van der Waals surface area contributed by atoms with Gasteiger partial charge in [0.25, 0.3) is 5.91 Å². The number of aromatic nitrogens is 3. The standard InChI is InChI=1S/C22H18N5O.C4H8N.2H2O.Sc/c1-13(2)22(28)26-16-10-8-15(9-11-16)19-17(14-6-4-3-5-7-14)18-20(23)24-12-25-21(18)27-19;1-2-4-5-3-1;;;/h4-12H,1H2,2H3,(H,26,28)(H3,23,24,25,27);1-4H2;2*1H2;/q2*-1;;;. The van der Waals surface area contributed by atoms with Crippen molar-refractivity contribution in [3.8, 4) is 22.4 Å². The van der Waals surface area contributed by atoms with E-state index in [1.165, 1.54) is 19.2 Å². The van der Waals surface area contributed by atoms with Crippen molar-refractivity contribution in [3.05, 3.63) is 78.4 Å². The molecule has 2 aromatic carbocycles. The van der Waals surface area contributed by atoms with Crippen molar-refractivity contribution < 1.29 is 41.6 Å². The topological polar surface area (TPSA) is 174 Å². The third kappa shape index (κ3) is 7.17. The first-order chi connectivity index (χ1) is 16.0. The van der Waals surface area contributed by atoms with Gasteiger partial charge in [0.1, 0.15) is 17.8 Å². The number of rotatable bonds is 4. The summed E-state index contributed by atoms with van der Waals surface area (Å²) in [6.45, 7) is 7.57. The zero-order valence-electron chi connectivity index (χ0n) is 20.1. The smallest absolute Gasteiger partial charge is 0.250 e. The molecule has 0 saturated carbocycles. The zero-order valence-corrected chi connectivity index (χ0v) is 21.9. The van der Waals surface area contributed by atoms with Crippen LogP contribution in [0.3, 0.4) is 0 Å². The summed E-state index contributed by atoms with van der Waals surface area (Å²) in [6.07, 6.45) is 4.11. The zero-order chi connectivity index (χ0) is 23.2. The first-order valence-corrected chi connectivity index (χ1v) is 10.8. The van der Waals surface area contributed by atoms with Gasteiger partial charge in [0.2, 0.25) is 0 Å². The summed E-state index contributed by atoms with van der Waals surface area (Å²) in [6, 6.07) is 18.2. The average Bonchev–Trinajstić information content (AvgIpc) is 3.53. The molecular formula is C26H30N6O3Sc-2. The minimum absolute atomic E-state index is 0. The molecule has 1 fully saturated rings. The molecule has 1 aliphatic rings. The van der Waals surface area contributed by atoms with Gasteiger partial charge in [-0.05, 0) is 30.2 Å². The summed E-state index contributed by atoms with van der Waals surface area (Å²) in [5.41, 5.74) is 11.7. The molecule has 5 rings (SSSR count). The number of carbonyl (C=O) groups is 1. The number of benzene rings is 2. The monoisotopic (exact) mass is 519 g/mol. The molecule has 187 valence electrons. The Hall–Kier alpha value is -3.18. The number of hydrogen-bond donors (Lipinski definition) is 3. The number of hydrogen-bond acceptors (Lipinski definition) is 4. The van der Waals surface area contributed by atoms with Crippen LogP contribution in [-0.2, 0) is 30.6 Å². The summed E-state index contributed by atoms with van der Waals surface area (Å²) in [5.74, 6) is 0.211. The van der Waals surface area contributed by atoms with Crippen LogP contribution in [0.25, 0.3) is 38.7 Å². The molecule has 0 unspecified atom stereocenters. The fourth-order valence-electron chi connectivity index (χ4n) is 3.62. The van der Waals surface area contributed by atoms with Crippen molar-refractivity contribution in [2.24, 2.45) is 0 Å². The van der Waals surface area contributed by atoms with E-state index in [-0.39, 0.29) is 42.7 Å². The van der Waals surface area contributed by atoms with Crippen molar-refractivity contribution in [1.82, 2.24) is 15.0 Å². The van der Waals surface area contributed by atoms with E-state index >= 15 is 0 Å². The molecule has 1 radical (unpaired) electrons. The normalized spacial score (nSPS) is 11.7. The van der Waals surface area contributed by atoms with Crippen molar-refractivity contribution >= 4 is 28.4 Å². The maximum atomic E-state index is 11.8. The van der Waals surface area contributed by atoms with Gasteiger partial charge in [0.15, 0.2) is 0 Å². The van der Waals surface area contributed by atoms with Crippen LogP contribution in [0.4, 0.5) is 11.5 Å². The van der Waals surface area contributed by atoms with Crippen LogP contribution < -0.4 is 11.1 Å². The molecule has 2 aromatic heterocycles. The van der Waals surface area contributed by atoms with Crippen LogP contribution in [0.5, 0.6) is 0 Å². The second-order valence-electron chi connectivity index (χ2n) is 7.84. The number of H-pyrrole nitrogens is 1. The second-order valence-corrected chi connectivity index (χ2v) is 7.84. The maximum absolute atomic E-state index is 11.8. The van der Waals surface area contributed by atoms with Crippen LogP contribution >= 0.6 is 0 Å². The van der Waals surface area contributed by atoms with Crippen LogP contribution in [0.2, 0.25) is 0 Å². The number of nitrogens with one attached hydrogen (secondary N) is 2. The van der Waals surface area contributed by atoms with Gasteiger partial charge in [-0.1, -0.05) is 31.6 Å². The minimum atomic E-state index is -0.206. The van der Waals surface area contributed by atoms with E-state index in [0.717, 1.165) is 40.9 Å². The van der Waals surface area contributed by atoms with E-state index in [0.29, 0.717) is 22.7 Å². The van der Waals surface area contributed by atoms with Crippen LogP contribution in [-0.4, -0.2) is 44.9 Å². The average molecular weight is 520 g/mol. The van der Waals surface area contributed by atoms with Gasteiger partial charge in [0.05, 0.1) is 11.1 Å². The largest absolute Gasteiger partial charge is 0.662 e. The van der Waals surface area contributed by atoms with Crippen molar-refractivity contribution in [3.63, 3.8) is 0 Å². The van der Waals surface area contributed by atoms with E-state index in [9.17, 15) is 4.79 Å². The fraction of sp³-hybridized carbons (Fsp3) is 0.192. The summed E-state index contributed by atoms with van der Waals surface area (Å²) in [5, 5.41) is 7.67. The summed E-state index contributed by atoms with van der Waals surface area (Å²) < 4.78 is 0. The van der Waals surface area contributed by atoms with Crippen molar-refractivity contribution in [1.29, 1.82) is 0 Å². The van der Waals surface area contributed by atoms with E-state index < -0.39 is 0 Å². The Labute approximate surface area is 229 Å². The first-order valence-electron chi connectivity index (χ1n) is 10.8. The number of nitrogens with two attached hydrogens (primary N) is 1. The van der Waals surface area contributed by atoms with E-state index in [2.05, 4.69) is 38.2 Å². The number of fused-ring (bicyclic) bond motifs is 1. The molecule has 3 heterocycles. The van der Waals surface area contributed by atoms with Gasteiger partial charge in [-0.15, -0.1) is 18.7 Å². The summed E-state index contributed by atoms with van der Waals surface area (Å²) >= 11 is 0. The molecule has 10 heteroatoms. The van der Waals surface area contributed by atoms with Gasteiger partial charge in [-0.3, -0.25) is 4.79 Å². The molecule has 8 N–H and O–H groups in total. The number of aromatic amines is 1. The molecule has 1 amide bonds. The Morgan fingerprint density at radius 1 is 1.06 bits per heavy atom. The number of anilines is 2. The van der Waals surface area contributed by atoms with Crippen LogP contribution in [0.1, 0.15) is 19.8 Å². The number of nitrogen functional groups attached to an aromatic ring is 1. The quantitative estimate of drug-likeness (QED) is 0.276. The van der Waals surface area contributed by atoms with Crippen LogP contribution in [0, 0.1) is 6.07 Å². The van der Waals surface area contributed by atoms with Crippen molar-refractivity contribution in [2.75, 3.05) is 24.1 Å². The molecule has 0 atom stereocenters. The Morgan fingerprint density at radius 2 is 1.69 bits per heavy atom. The molecule has 36 heavy (non-hydrogen) atoms. The third-order valence-corrected chi connectivity index (χ3v) is 5.33. The van der Waals surface area contributed by atoms with Gasteiger partial charge < -0.3 is 32.3 Å². The molecular weight excluding hydrogens is 489 g/mol. The summed E-state index contributed by atoms with van der Waals surface area (Å²) in [4.78, 5) is 23.6. The van der Waals surface area contributed by atoms with E-state index in [1.54, 1.807) is 6.92 Å². The Morgan fingerprint density at radius 3 is 2.25 bits per heavy atom. The fourth-order valence-corrected chi connectivity index (χ4v) is 3.62. The van der Waals surface area contributed by atoms with Gasteiger partial charge >= 0.3 is 0 Å². The Bertz CT molecular complexity index is 1260. The number of nitrogens with zero attached hydrogens (tertiary/aromatic N) is 3. The second kappa shape index (κ2) is 14.4. The SMILES string of the molecule is C1CC[N-]C1.C=C(C)C(=O)Nc1ccc(-c2[nH]c3ncnc(N)c3c2-c2cc[c-]cc2)cc1.O.O.[Sc]. The molecule has 0 aliphatic carbocycles.